The molecular weight excluding hydrogens is 332 g/mol. The molecule has 0 N–H and O–H groups in total. The number of Topliss-reactive ketones (excluding diaryl/α,β-unsaturated/α-hetero) is 1. The van der Waals surface area contributed by atoms with E-state index in [1.54, 1.807) is 22.5 Å². The SMILES string of the molecule is Cc1ccccc1CSc1nc2nc3c(cn2n1)C(=O)CC(C)(C)C3. The van der Waals surface area contributed by atoms with E-state index in [1.165, 1.54) is 11.1 Å². The number of fused-ring (bicyclic) bond motifs is 2. The van der Waals surface area contributed by atoms with Crippen molar-refractivity contribution in [2.75, 3.05) is 0 Å². The summed E-state index contributed by atoms with van der Waals surface area (Å²) in [6.07, 6.45) is 3.14. The zero-order chi connectivity index (χ0) is 17.6. The molecule has 0 fully saturated rings. The molecule has 4 rings (SSSR count). The fourth-order valence-electron chi connectivity index (χ4n) is 3.23. The van der Waals surface area contributed by atoms with Crippen LogP contribution in [0.25, 0.3) is 5.78 Å². The molecule has 0 saturated heterocycles. The third-order valence-electron chi connectivity index (χ3n) is 4.59. The largest absolute Gasteiger partial charge is 0.294 e. The van der Waals surface area contributed by atoms with Gasteiger partial charge in [0.05, 0.1) is 11.3 Å². The van der Waals surface area contributed by atoms with E-state index in [-0.39, 0.29) is 11.2 Å². The maximum atomic E-state index is 12.4. The van der Waals surface area contributed by atoms with E-state index < -0.39 is 0 Å². The Morgan fingerprint density at radius 1 is 1.20 bits per heavy atom. The Labute approximate surface area is 150 Å². The first-order valence-electron chi connectivity index (χ1n) is 8.38. The molecule has 0 saturated carbocycles. The lowest BCUT2D eigenvalue weighted by Gasteiger charge is -2.28. The predicted molar refractivity (Wildman–Crippen MR) is 98.0 cm³/mol. The van der Waals surface area contributed by atoms with Crippen LogP contribution in [0.1, 0.15) is 47.4 Å². The van der Waals surface area contributed by atoms with Crippen LogP contribution < -0.4 is 0 Å². The number of carbonyl (C=O) groups excluding carboxylic acids is 1. The second-order valence-electron chi connectivity index (χ2n) is 7.40. The second-order valence-corrected chi connectivity index (χ2v) is 8.34. The summed E-state index contributed by atoms with van der Waals surface area (Å²) < 4.78 is 1.63. The molecule has 128 valence electrons. The molecule has 0 unspecified atom stereocenters. The van der Waals surface area contributed by atoms with Crippen LogP contribution in [0.15, 0.2) is 35.6 Å². The van der Waals surface area contributed by atoms with Crippen molar-refractivity contribution in [1.82, 2.24) is 19.6 Å². The highest BCUT2D eigenvalue weighted by Crippen LogP contribution is 2.34. The molecule has 5 nitrogen and oxygen atoms in total. The van der Waals surface area contributed by atoms with E-state index in [4.69, 9.17) is 0 Å². The third-order valence-corrected chi connectivity index (χ3v) is 5.48. The van der Waals surface area contributed by atoms with E-state index in [9.17, 15) is 4.79 Å². The van der Waals surface area contributed by atoms with Gasteiger partial charge in [-0.05, 0) is 29.9 Å². The zero-order valence-corrected chi connectivity index (χ0v) is 15.4. The predicted octanol–water partition coefficient (Wildman–Crippen LogP) is 3.88. The highest BCUT2D eigenvalue weighted by molar-refractivity contribution is 7.98. The van der Waals surface area contributed by atoms with Crippen molar-refractivity contribution in [2.45, 2.75) is 44.5 Å². The number of nitrogens with zero attached hydrogens (tertiary/aromatic N) is 4. The first kappa shape index (κ1) is 16.3. The molecule has 1 aliphatic rings. The zero-order valence-electron chi connectivity index (χ0n) is 14.6. The average Bonchev–Trinajstić information content (AvgIpc) is 2.93. The van der Waals surface area contributed by atoms with Gasteiger partial charge in [-0.2, -0.15) is 4.98 Å². The van der Waals surface area contributed by atoms with Gasteiger partial charge >= 0.3 is 0 Å². The first-order valence-corrected chi connectivity index (χ1v) is 9.37. The number of carbonyl (C=O) groups is 1. The van der Waals surface area contributed by atoms with Gasteiger partial charge in [-0.25, -0.2) is 9.50 Å². The van der Waals surface area contributed by atoms with Crippen molar-refractivity contribution in [3.05, 3.63) is 52.8 Å². The molecule has 0 atom stereocenters. The lowest BCUT2D eigenvalue weighted by atomic mass is 9.76. The van der Waals surface area contributed by atoms with Gasteiger partial charge < -0.3 is 0 Å². The number of benzene rings is 1. The Morgan fingerprint density at radius 3 is 2.80 bits per heavy atom. The fourth-order valence-corrected chi connectivity index (χ4v) is 4.13. The monoisotopic (exact) mass is 352 g/mol. The lowest BCUT2D eigenvalue weighted by Crippen LogP contribution is -2.28. The highest BCUT2D eigenvalue weighted by atomic mass is 32.2. The van der Waals surface area contributed by atoms with Gasteiger partial charge in [0.25, 0.3) is 5.78 Å². The van der Waals surface area contributed by atoms with E-state index in [0.29, 0.717) is 22.9 Å². The maximum Gasteiger partial charge on any atom is 0.253 e. The normalized spacial score (nSPS) is 16.2. The molecule has 25 heavy (non-hydrogen) atoms. The van der Waals surface area contributed by atoms with Crippen molar-refractivity contribution < 1.29 is 4.79 Å². The van der Waals surface area contributed by atoms with Crippen molar-refractivity contribution in [1.29, 1.82) is 0 Å². The third kappa shape index (κ3) is 3.18. The van der Waals surface area contributed by atoms with Gasteiger partial charge in [0, 0.05) is 18.4 Å². The maximum absolute atomic E-state index is 12.4. The van der Waals surface area contributed by atoms with Crippen LogP contribution in [0.3, 0.4) is 0 Å². The summed E-state index contributed by atoms with van der Waals surface area (Å²) in [5.74, 6) is 1.52. The molecule has 6 heteroatoms. The van der Waals surface area contributed by atoms with E-state index in [2.05, 4.69) is 48.0 Å². The van der Waals surface area contributed by atoms with Crippen LogP contribution >= 0.6 is 11.8 Å². The standard InChI is InChI=1S/C19H20N4OS/c1-12-6-4-5-7-13(12)11-25-18-21-17-20-15-8-19(2,3)9-16(24)14(15)10-23(17)22-18/h4-7,10H,8-9,11H2,1-3H3. The summed E-state index contributed by atoms with van der Waals surface area (Å²) in [4.78, 5) is 21.5. The Balaban J connectivity index is 1.63. The number of aryl methyl sites for hydroxylation is 1. The molecule has 3 aromatic rings. The molecule has 0 aliphatic heterocycles. The van der Waals surface area contributed by atoms with Crippen LogP contribution in [-0.2, 0) is 12.2 Å². The molecule has 0 bridgehead atoms. The summed E-state index contributed by atoms with van der Waals surface area (Å²) >= 11 is 1.59. The number of hydrogen-bond donors (Lipinski definition) is 0. The minimum atomic E-state index is -0.0438. The van der Waals surface area contributed by atoms with Gasteiger partial charge in [0.2, 0.25) is 5.16 Å². The summed E-state index contributed by atoms with van der Waals surface area (Å²) in [5, 5.41) is 5.18. The van der Waals surface area contributed by atoms with Crippen LogP contribution in [0.2, 0.25) is 0 Å². The number of aromatic nitrogens is 4. The molecule has 1 aliphatic carbocycles. The summed E-state index contributed by atoms with van der Waals surface area (Å²) in [6, 6.07) is 8.31. The molecule has 0 amide bonds. The van der Waals surface area contributed by atoms with Crippen LogP contribution in [0, 0.1) is 12.3 Å². The first-order chi connectivity index (χ1) is 11.9. The van der Waals surface area contributed by atoms with Gasteiger partial charge in [-0.15, -0.1) is 5.10 Å². The fraction of sp³-hybridized carbons (Fsp3) is 0.368. The molecule has 2 aromatic heterocycles. The number of rotatable bonds is 3. The summed E-state index contributed by atoms with van der Waals surface area (Å²) in [7, 11) is 0. The van der Waals surface area contributed by atoms with E-state index in [0.717, 1.165) is 17.9 Å². The Bertz CT molecular complexity index is 977. The highest BCUT2D eigenvalue weighted by Gasteiger charge is 2.32. The number of thioether (sulfide) groups is 1. The van der Waals surface area contributed by atoms with Crippen molar-refractivity contribution in [3.63, 3.8) is 0 Å². The summed E-state index contributed by atoms with van der Waals surface area (Å²) in [5.41, 5.74) is 4.03. The van der Waals surface area contributed by atoms with Crippen LogP contribution in [0.5, 0.6) is 0 Å². The van der Waals surface area contributed by atoms with Gasteiger partial charge in [-0.1, -0.05) is 49.9 Å². The minimum Gasteiger partial charge on any atom is -0.294 e. The minimum absolute atomic E-state index is 0.0438. The van der Waals surface area contributed by atoms with Crippen molar-refractivity contribution >= 4 is 23.3 Å². The Kier molecular flexibility index (Phi) is 3.87. The van der Waals surface area contributed by atoms with Crippen LogP contribution in [0.4, 0.5) is 0 Å². The average molecular weight is 352 g/mol. The van der Waals surface area contributed by atoms with Gasteiger partial charge in [-0.3, -0.25) is 4.79 Å². The lowest BCUT2D eigenvalue weighted by molar-refractivity contribution is 0.0909. The number of ketones is 1. The smallest absolute Gasteiger partial charge is 0.253 e. The van der Waals surface area contributed by atoms with E-state index in [1.807, 2.05) is 12.1 Å². The molecule has 0 radical (unpaired) electrons. The quantitative estimate of drug-likeness (QED) is 0.670. The van der Waals surface area contributed by atoms with Crippen molar-refractivity contribution in [3.8, 4) is 0 Å². The Hall–Kier alpha value is -2.21. The van der Waals surface area contributed by atoms with Crippen molar-refractivity contribution in [2.24, 2.45) is 5.41 Å². The molecular formula is C19H20N4OS. The topological polar surface area (TPSA) is 60.1 Å². The van der Waals surface area contributed by atoms with Gasteiger partial charge in [0.15, 0.2) is 5.78 Å². The summed E-state index contributed by atoms with van der Waals surface area (Å²) in [6.45, 7) is 6.32. The molecule has 2 heterocycles. The van der Waals surface area contributed by atoms with Gasteiger partial charge in [0.1, 0.15) is 0 Å². The number of hydrogen-bond acceptors (Lipinski definition) is 5. The van der Waals surface area contributed by atoms with E-state index >= 15 is 0 Å². The molecule has 0 spiro atoms. The Morgan fingerprint density at radius 2 is 2.00 bits per heavy atom. The second kappa shape index (κ2) is 5.95. The van der Waals surface area contributed by atoms with Crippen LogP contribution in [-0.4, -0.2) is 25.4 Å². The molecule has 1 aromatic carbocycles.